The standard InChI is InChI=1S/C21H30FN3O2/c1-15-12-16(22)4-5-17(15)18-13-21(8-9-24(18)19(26)23-3)7-6-20(2)14-27-11-10-25(20)21/h4-5,12,18H,6-11,13-14H2,1-3H3,(H,23,26)/t18-,20+,21?/m1/s1. The number of urea groups is 1. The van der Waals surface area contributed by atoms with Crippen molar-refractivity contribution in [1.29, 1.82) is 0 Å². The molecule has 1 unspecified atom stereocenters. The first-order chi connectivity index (χ1) is 12.9. The third kappa shape index (κ3) is 3.03. The quantitative estimate of drug-likeness (QED) is 0.820. The Hall–Kier alpha value is -1.66. The summed E-state index contributed by atoms with van der Waals surface area (Å²) in [5, 5.41) is 2.79. The zero-order chi connectivity index (χ0) is 19.2. The molecular formula is C21H30FN3O2. The van der Waals surface area contributed by atoms with Crippen molar-refractivity contribution in [3.05, 3.63) is 35.1 Å². The zero-order valence-corrected chi connectivity index (χ0v) is 16.6. The molecule has 0 saturated carbocycles. The average Bonchev–Trinajstić information content (AvgIpc) is 2.94. The van der Waals surface area contributed by atoms with Crippen molar-refractivity contribution in [1.82, 2.24) is 15.1 Å². The van der Waals surface area contributed by atoms with Crippen molar-refractivity contribution in [2.24, 2.45) is 0 Å². The van der Waals surface area contributed by atoms with Crippen LogP contribution in [-0.4, -0.2) is 60.3 Å². The molecule has 3 heterocycles. The van der Waals surface area contributed by atoms with Crippen molar-refractivity contribution in [3.8, 4) is 0 Å². The van der Waals surface area contributed by atoms with Gasteiger partial charge in [-0.05, 0) is 62.8 Å². The van der Waals surface area contributed by atoms with Gasteiger partial charge in [0.1, 0.15) is 5.82 Å². The summed E-state index contributed by atoms with van der Waals surface area (Å²) in [6, 6.07) is 4.86. The molecule has 0 bridgehead atoms. The van der Waals surface area contributed by atoms with Crippen LogP contribution < -0.4 is 5.32 Å². The lowest BCUT2D eigenvalue weighted by Crippen LogP contribution is -2.62. The molecule has 3 aliphatic heterocycles. The molecule has 6 heteroatoms. The molecule has 0 radical (unpaired) electrons. The SMILES string of the molecule is CNC(=O)N1CCC2(CC[C@@]3(C)COCCN23)C[C@@H]1c1ccc(F)cc1C. The van der Waals surface area contributed by atoms with Gasteiger partial charge in [0.15, 0.2) is 0 Å². The molecule has 3 atom stereocenters. The third-order valence-corrected chi connectivity index (χ3v) is 7.06. The van der Waals surface area contributed by atoms with Gasteiger partial charge in [0.25, 0.3) is 0 Å². The minimum absolute atomic E-state index is 0.0375. The number of amides is 2. The van der Waals surface area contributed by atoms with Gasteiger partial charge in [0, 0.05) is 31.2 Å². The second kappa shape index (κ2) is 6.74. The molecule has 0 aromatic heterocycles. The Bertz CT molecular complexity index is 742. The normalized spacial score (nSPS) is 33.9. The zero-order valence-electron chi connectivity index (χ0n) is 16.6. The van der Waals surface area contributed by atoms with Gasteiger partial charge in [-0.1, -0.05) is 6.07 Å². The van der Waals surface area contributed by atoms with Gasteiger partial charge in [-0.25, -0.2) is 9.18 Å². The molecule has 27 heavy (non-hydrogen) atoms. The number of nitrogens with zero attached hydrogens (tertiary/aromatic N) is 2. The second-order valence-corrected chi connectivity index (χ2v) is 8.64. The lowest BCUT2D eigenvalue weighted by atomic mass is 9.78. The van der Waals surface area contributed by atoms with Crippen molar-refractivity contribution in [3.63, 3.8) is 0 Å². The van der Waals surface area contributed by atoms with E-state index in [0.717, 1.165) is 56.6 Å². The molecule has 1 aromatic carbocycles. The van der Waals surface area contributed by atoms with E-state index in [0.29, 0.717) is 6.54 Å². The fourth-order valence-electron chi connectivity index (χ4n) is 5.66. The van der Waals surface area contributed by atoms with Gasteiger partial charge < -0.3 is 15.0 Å². The fraction of sp³-hybridized carbons (Fsp3) is 0.667. The maximum Gasteiger partial charge on any atom is 0.317 e. The Labute approximate surface area is 160 Å². The van der Waals surface area contributed by atoms with Gasteiger partial charge in [-0.15, -0.1) is 0 Å². The van der Waals surface area contributed by atoms with Crippen LogP contribution in [0.25, 0.3) is 0 Å². The van der Waals surface area contributed by atoms with Crippen molar-refractivity contribution in [2.45, 2.75) is 56.7 Å². The van der Waals surface area contributed by atoms with E-state index in [1.807, 2.05) is 17.9 Å². The molecule has 1 spiro atoms. The van der Waals surface area contributed by atoms with Gasteiger partial charge >= 0.3 is 6.03 Å². The van der Waals surface area contributed by atoms with Crippen LogP contribution in [0.15, 0.2) is 18.2 Å². The molecule has 148 valence electrons. The van der Waals surface area contributed by atoms with E-state index in [9.17, 15) is 9.18 Å². The van der Waals surface area contributed by atoms with Crippen molar-refractivity contribution < 1.29 is 13.9 Å². The number of ether oxygens (including phenoxy) is 1. The molecule has 2 amide bonds. The van der Waals surface area contributed by atoms with Gasteiger partial charge in [0.2, 0.25) is 0 Å². The monoisotopic (exact) mass is 375 g/mol. The lowest BCUT2D eigenvalue weighted by Gasteiger charge is -2.53. The van der Waals surface area contributed by atoms with Gasteiger partial charge in [-0.3, -0.25) is 4.90 Å². The number of hydrogen-bond acceptors (Lipinski definition) is 3. The van der Waals surface area contributed by atoms with E-state index in [4.69, 9.17) is 4.74 Å². The molecule has 4 rings (SSSR count). The highest BCUT2D eigenvalue weighted by Gasteiger charge is 2.56. The number of piperidine rings is 1. The number of nitrogens with one attached hydrogen (secondary N) is 1. The number of morpholine rings is 1. The predicted octanol–water partition coefficient (Wildman–Crippen LogP) is 3.23. The Morgan fingerprint density at radius 1 is 1.30 bits per heavy atom. The molecule has 1 aromatic rings. The first-order valence-electron chi connectivity index (χ1n) is 9.98. The molecule has 3 fully saturated rings. The minimum atomic E-state index is -0.227. The molecule has 5 nitrogen and oxygen atoms in total. The number of carbonyl (C=O) groups is 1. The van der Waals surface area contributed by atoms with Crippen LogP contribution in [0, 0.1) is 12.7 Å². The van der Waals surface area contributed by atoms with E-state index in [1.165, 1.54) is 6.07 Å². The number of carbonyl (C=O) groups excluding carboxylic acids is 1. The molecular weight excluding hydrogens is 345 g/mol. The smallest absolute Gasteiger partial charge is 0.317 e. The maximum absolute atomic E-state index is 13.7. The molecule has 0 aliphatic carbocycles. The topological polar surface area (TPSA) is 44.8 Å². The number of rotatable bonds is 1. The number of benzene rings is 1. The number of likely N-dealkylation sites (tertiary alicyclic amines) is 1. The number of fused-ring (bicyclic) bond motifs is 2. The second-order valence-electron chi connectivity index (χ2n) is 8.64. The summed E-state index contributed by atoms with van der Waals surface area (Å²) < 4.78 is 19.5. The molecule has 1 N–H and O–H groups in total. The highest BCUT2D eigenvalue weighted by atomic mass is 19.1. The number of halogens is 1. The summed E-state index contributed by atoms with van der Waals surface area (Å²) in [5.41, 5.74) is 2.15. The first kappa shape index (κ1) is 18.7. The van der Waals surface area contributed by atoms with Crippen molar-refractivity contribution in [2.75, 3.05) is 33.4 Å². The van der Waals surface area contributed by atoms with E-state index < -0.39 is 0 Å². The Kier molecular flexibility index (Phi) is 4.67. The van der Waals surface area contributed by atoms with Gasteiger partial charge in [0.05, 0.1) is 19.3 Å². The highest BCUT2D eigenvalue weighted by Crippen LogP contribution is 2.52. The van der Waals surface area contributed by atoms with E-state index in [-0.39, 0.29) is 29.0 Å². The van der Waals surface area contributed by atoms with Crippen LogP contribution in [0.5, 0.6) is 0 Å². The van der Waals surface area contributed by atoms with Crippen LogP contribution in [-0.2, 0) is 4.74 Å². The van der Waals surface area contributed by atoms with E-state index >= 15 is 0 Å². The molecule has 3 aliphatic rings. The highest BCUT2D eigenvalue weighted by molar-refractivity contribution is 5.74. The summed E-state index contributed by atoms with van der Waals surface area (Å²) in [7, 11) is 1.68. The van der Waals surface area contributed by atoms with Crippen LogP contribution in [0.4, 0.5) is 9.18 Å². The van der Waals surface area contributed by atoms with Crippen LogP contribution in [0.2, 0.25) is 0 Å². The van der Waals surface area contributed by atoms with E-state index in [1.54, 1.807) is 13.1 Å². The van der Waals surface area contributed by atoms with E-state index in [2.05, 4.69) is 17.1 Å². The summed E-state index contributed by atoms with van der Waals surface area (Å²) in [5.74, 6) is -0.227. The molecule has 3 saturated heterocycles. The largest absolute Gasteiger partial charge is 0.378 e. The third-order valence-electron chi connectivity index (χ3n) is 7.06. The summed E-state index contributed by atoms with van der Waals surface area (Å²) in [6.07, 6.45) is 4.13. The minimum Gasteiger partial charge on any atom is -0.378 e. The fourth-order valence-corrected chi connectivity index (χ4v) is 5.66. The van der Waals surface area contributed by atoms with Crippen LogP contribution >= 0.6 is 0 Å². The summed E-state index contributed by atoms with van der Waals surface area (Å²) >= 11 is 0. The lowest BCUT2D eigenvalue weighted by molar-refractivity contribution is -0.0951. The Morgan fingerprint density at radius 2 is 2.11 bits per heavy atom. The number of aryl methyl sites for hydroxylation is 1. The Balaban J connectivity index is 1.70. The number of hydrogen-bond donors (Lipinski definition) is 1. The summed E-state index contributed by atoms with van der Waals surface area (Å²) in [4.78, 5) is 17.2. The van der Waals surface area contributed by atoms with Crippen LogP contribution in [0.1, 0.15) is 49.8 Å². The van der Waals surface area contributed by atoms with Crippen molar-refractivity contribution >= 4 is 6.03 Å². The first-order valence-corrected chi connectivity index (χ1v) is 9.98. The van der Waals surface area contributed by atoms with Crippen LogP contribution in [0.3, 0.4) is 0 Å². The predicted molar refractivity (Wildman–Crippen MR) is 102 cm³/mol. The Morgan fingerprint density at radius 3 is 2.85 bits per heavy atom. The summed E-state index contributed by atoms with van der Waals surface area (Å²) in [6.45, 7) is 7.48. The average molecular weight is 375 g/mol. The van der Waals surface area contributed by atoms with Gasteiger partial charge in [-0.2, -0.15) is 0 Å². The maximum atomic E-state index is 13.7.